The topological polar surface area (TPSA) is 46.3 Å². The summed E-state index contributed by atoms with van der Waals surface area (Å²) >= 11 is 0. The summed E-state index contributed by atoms with van der Waals surface area (Å²) in [5.41, 5.74) is 5.72. The van der Waals surface area contributed by atoms with Crippen LogP contribution >= 0.6 is 0 Å². The van der Waals surface area contributed by atoms with Crippen LogP contribution in [0.25, 0.3) is 0 Å². The molecule has 2 N–H and O–H groups in total. The Labute approximate surface area is 93.8 Å². The molecule has 0 aromatic rings. The van der Waals surface area contributed by atoms with E-state index in [4.69, 9.17) is 5.73 Å². The van der Waals surface area contributed by atoms with E-state index in [1.54, 1.807) is 0 Å². The van der Waals surface area contributed by atoms with Gasteiger partial charge in [0, 0.05) is 6.04 Å². The van der Waals surface area contributed by atoms with Gasteiger partial charge in [0.2, 0.25) is 5.78 Å². The molecule has 3 nitrogen and oxygen atoms in total. The molecule has 0 aliphatic carbocycles. The Bertz CT molecular complexity index is 219. The van der Waals surface area contributed by atoms with Crippen molar-refractivity contribution in [1.82, 2.24) is 4.90 Å². The highest BCUT2D eigenvalue weighted by Crippen LogP contribution is 2.16. The zero-order valence-corrected chi connectivity index (χ0v) is 9.68. The molecule has 0 spiro atoms. The summed E-state index contributed by atoms with van der Waals surface area (Å²) in [5, 5.41) is 0. The lowest BCUT2D eigenvalue weighted by atomic mass is 10.1. The monoisotopic (exact) mass is 240 g/mol. The first-order valence-corrected chi connectivity index (χ1v) is 5.31. The summed E-state index contributed by atoms with van der Waals surface area (Å²) in [6, 6.07) is -0.00608. The fraction of sp³-hybridized carbons (Fsp3) is 0.900. The van der Waals surface area contributed by atoms with E-state index in [1.807, 2.05) is 6.92 Å². The summed E-state index contributed by atoms with van der Waals surface area (Å²) in [6.07, 6.45) is -2.33. The molecule has 0 bridgehead atoms. The first-order chi connectivity index (χ1) is 7.27. The maximum Gasteiger partial charge on any atom is 0.451 e. The van der Waals surface area contributed by atoms with E-state index in [9.17, 15) is 18.0 Å². The second-order valence-electron chi connectivity index (χ2n) is 4.00. The van der Waals surface area contributed by atoms with Crippen LogP contribution in [-0.2, 0) is 4.79 Å². The number of carbonyl (C=O) groups is 1. The zero-order chi connectivity index (χ0) is 12.8. The lowest BCUT2D eigenvalue weighted by Gasteiger charge is -2.18. The minimum Gasteiger partial charge on any atom is -0.328 e. The molecule has 96 valence electrons. The first kappa shape index (κ1) is 15.4. The standard InChI is InChI=1S/C10H19F3N2O/c1-3-4-8(14)5-6-15(2)7-9(16)10(11,12)13/h8H,3-7,14H2,1-2H3. The molecule has 0 amide bonds. The van der Waals surface area contributed by atoms with Gasteiger partial charge in [0.05, 0.1) is 6.54 Å². The van der Waals surface area contributed by atoms with Crippen molar-refractivity contribution in [2.75, 3.05) is 20.1 Å². The van der Waals surface area contributed by atoms with E-state index >= 15 is 0 Å². The second kappa shape index (κ2) is 6.85. The lowest BCUT2D eigenvalue weighted by molar-refractivity contribution is -0.171. The van der Waals surface area contributed by atoms with Crippen molar-refractivity contribution in [3.05, 3.63) is 0 Å². The van der Waals surface area contributed by atoms with Crippen LogP contribution in [0.15, 0.2) is 0 Å². The molecule has 0 aliphatic heterocycles. The van der Waals surface area contributed by atoms with Gasteiger partial charge in [-0.1, -0.05) is 13.3 Å². The average molecular weight is 240 g/mol. The van der Waals surface area contributed by atoms with Gasteiger partial charge in [-0.2, -0.15) is 13.2 Å². The second-order valence-corrected chi connectivity index (χ2v) is 4.00. The summed E-state index contributed by atoms with van der Waals surface area (Å²) in [4.78, 5) is 12.0. The molecule has 0 radical (unpaired) electrons. The van der Waals surface area contributed by atoms with Crippen LogP contribution in [0.2, 0.25) is 0 Å². The van der Waals surface area contributed by atoms with Crippen LogP contribution in [0.4, 0.5) is 13.2 Å². The molecule has 0 aliphatic rings. The molecule has 0 aromatic heterocycles. The summed E-state index contributed by atoms with van der Waals surface area (Å²) < 4.78 is 35.8. The number of halogens is 3. The highest BCUT2D eigenvalue weighted by Gasteiger charge is 2.38. The minimum atomic E-state index is -4.74. The summed E-state index contributed by atoms with van der Waals surface area (Å²) in [5.74, 6) is -1.71. The number of rotatable bonds is 7. The number of likely N-dealkylation sites (N-methyl/N-ethyl adjacent to an activating group) is 1. The van der Waals surface area contributed by atoms with Gasteiger partial charge in [0.25, 0.3) is 0 Å². The van der Waals surface area contributed by atoms with Crippen LogP contribution in [0.5, 0.6) is 0 Å². The van der Waals surface area contributed by atoms with E-state index in [2.05, 4.69) is 0 Å². The largest absolute Gasteiger partial charge is 0.451 e. The number of carbonyl (C=O) groups excluding carboxylic acids is 1. The highest BCUT2D eigenvalue weighted by molar-refractivity contribution is 5.85. The summed E-state index contributed by atoms with van der Waals surface area (Å²) in [7, 11) is 1.49. The van der Waals surface area contributed by atoms with E-state index < -0.39 is 18.5 Å². The van der Waals surface area contributed by atoms with Crippen LogP contribution < -0.4 is 5.73 Å². The molecule has 0 saturated carbocycles. The molecule has 1 unspecified atom stereocenters. The Hall–Kier alpha value is -0.620. The zero-order valence-electron chi connectivity index (χ0n) is 9.68. The number of nitrogens with zero attached hydrogens (tertiary/aromatic N) is 1. The number of nitrogens with two attached hydrogens (primary N) is 1. The third-order valence-electron chi connectivity index (χ3n) is 2.27. The van der Waals surface area contributed by atoms with Crippen molar-refractivity contribution in [2.45, 2.75) is 38.4 Å². The van der Waals surface area contributed by atoms with Crippen molar-refractivity contribution in [3.8, 4) is 0 Å². The maximum absolute atomic E-state index is 11.9. The number of ketones is 1. The average Bonchev–Trinajstić information content (AvgIpc) is 2.13. The lowest BCUT2D eigenvalue weighted by Crippen LogP contribution is -2.37. The van der Waals surface area contributed by atoms with Gasteiger partial charge < -0.3 is 5.73 Å². The van der Waals surface area contributed by atoms with Gasteiger partial charge in [-0.05, 0) is 26.4 Å². The van der Waals surface area contributed by atoms with Gasteiger partial charge in [-0.25, -0.2) is 0 Å². The molecule has 0 aromatic carbocycles. The van der Waals surface area contributed by atoms with Crippen molar-refractivity contribution >= 4 is 5.78 Å². The van der Waals surface area contributed by atoms with E-state index in [0.29, 0.717) is 13.0 Å². The maximum atomic E-state index is 11.9. The van der Waals surface area contributed by atoms with Crippen molar-refractivity contribution in [2.24, 2.45) is 5.73 Å². The van der Waals surface area contributed by atoms with E-state index in [-0.39, 0.29) is 6.04 Å². The SMILES string of the molecule is CCCC(N)CCN(C)CC(=O)C(F)(F)F. The molecule has 0 fully saturated rings. The third-order valence-corrected chi connectivity index (χ3v) is 2.27. The minimum absolute atomic E-state index is 0.00608. The van der Waals surface area contributed by atoms with Gasteiger partial charge in [0.15, 0.2) is 0 Å². The Morgan fingerprint density at radius 2 is 1.94 bits per heavy atom. The predicted molar refractivity (Wildman–Crippen MR) is 56.1 cm³/mol. The Morgan fingerprint density at radius 1 is 1.38 bits per heavy atom. The number of hydrogen-bond acceptors (Lipinski definition) is 3. The fourth-order valence-electron chi connectivity index (χ4n) is 1.32. The highest BCUT2D eigenvalue weighted by atomic mass is 19.4. The number of hydrogen-bond donors (Lipinski definition) is 1. The third kappa shape index (κ3) is 6.79. The molecular formula is C10H19F3N2O. The Kier molecular flexibility index (Phi) is 6.59. The molecule has 0 rings (SSSR count). The van der Waals surface area contributed by atoms with Gasteiger partial charge in [-0.15, -0.1) is 0 Å². The molecule has 0 heterocycles. The molecule has 16 heavy (non-hydrogen) atoms. The molecule has 0 saturated heterocycles. The van der Waals surface area contributed by atoms with Crippen molar-refractivity contribution < 1.29 is 18.0 Å². The van der Waals surface area contributed by atoms with Crippen molar-refractivity contribution in [3.63, 3.8) is 0 Å². The smallest absolute Gasteiger partial charge is 0.328 e. The van der Waals surface area contributed by atoms with E-state index in [1.165, 1.54) is 11.9 Å². The van der Waals surface area contributed by atoms with E-state index in [0.717, 1.165) is 12.8 Å². The van der Waals surface area contributed by atoms with Crippen molar-refractivity contribution in [1.29, 1.82) is 0 Å². The quantitative estimate of drug-likeness (QED) is 0.734. The molecular weight excluding hydrogens is 221 g/mol. The van der Waals surface area contributed by atoms with Gasteiger partial charge >= 0.3 is 6.18 Å². The summed E-state index contributed by atoms with van der Waals surface area (Å²) in [6.45, 7) is 1.81. The Morgan fingerprint density at radius 3 is 2.38 bits per heavy atom. The molecule has 1 atom stereocenters. The predicted octanol–water partition coefficient (Wildman–Crippen LogP) is 1.57. The number of Topliss-reactive ketones (excluding diaryl/α,β-unsaturated/α-hetero) is 1. The Balaban J connectivity index is 3.83. The van der Waals surface area contributed by atoms with Crippen LogP contribution in [0.3, 0.4) is 0 Å². The van der Waals surface area contributed by atoms with Gasteiger partial charge in [0.1, 0.15) is 0 Å². The number of alkyl halides is 3. The van der Waals surface area contributed by atoms with Gasteiger partial charge in [-0.3, -0.25) is 9.69 Å². The van der Waals surface area contributed by atoms with Crippen LogP contribution in [-0.4, -0.2) is 43.0 Å². The normalized spacial score (nSPS) is 14.2. The van der Waals surface area contributed by atoms with Crippen LogP contribution in [0.1, 0.15) is 26.2 Å². The first-order valence-electron chi connectivity index (χ1n) is 5.31. The molecule has 6 heteroatoms. The fourth-order valence-corrected chi connectivity index (χ4v) is 1.32. The van der Waals surface area contributed by atoms with Crippen LogP contribution in [0, 0.1) is 0 Å².